The van der Waals surface area contributed by atoms with Crippen molar-refractivity contribution in [3.8, 4) is 5.75 Å². The van der Waals surface area contributed by atoms with Crippen molar-refractivity contribution in [1.29, 1.82) is 0 Å². The molecule has 0 heterocycles. The molecule has 1 atom stereocenters. The molecule has 0 spiro atoms. The van der Waals surface area contributed by atoms with Gasteiger partial charge in [0.15, 0.2) is 0 Å². The number of carboxylic acid groups (broad SMARTS) is 2. The maximum Gasteiger partial charge on any atom is 0.326 e. The fourth-order valence-corrected chi connectivity index (χ4v) is 1.64. The first-order valence-electron chi connectivity index (χ1n) is 6.42. The second-order valence-electron chi connectivity index (χ2n) is 4.25. The molecule has 1 amide bonds. The first-order valence-corrected chi connectivity index (χ1v) is 6.42. The molecule has 1 rings (SSSR count). The number of carbonyl (C=O) groups is 3. The van der Waals surface area contributed by atoms with Crippen molar-refractivity contribution >= 4 is 17.8 Å². The predicted octanol–water partition coefficient (Wildman–Crippen LogP) is 1.13. The van der Waals surface area contributed by atoms with Crippen LogP contribution in [-0.2, 0) is 9.59 Å². The van der Waals surface area contributed by atoms with Crippen molar-refractivity contribution in [3.63, 3.8) is 0 Å². The van der Waals surface area contributed by atoms with Crippen LogP contribution in [0.5, 0.6) is 5.75 Å². The summed E-state index contributed by atoms with van der Waals surface area (Å²) in [5.41, 5.74) is 0.278. The van der Waals surface area contributed by atoms with Crippen LogP contribution in [0.1, 0.15) is 30.1 Å². The van der Waals surface area contributed by atoms with Crippen molar-refractivity contribution in [2.45, 2.75) is 25.8 Å². The molecular formula is C14H17NO6. The van der Waals surface area contributed by atoms with E-state index in [9.17, 15) is 14.4 Å². The van der Waals surface area contributed by atoms with Crippen molar-refractivity contribution in [2.75, 3.05) is 6.61 Å². The second-order valence-corrected chi connectivity index (χ2v) is 4.25. The van der Waals surface area contributed by atoms with Gasteiger partial charge >= 0.3 is 11.9 Å². The molecule has 7 heteroatoms. The van der Waals surface area contributed by atoms with Crippen LogP contribution in [0.2, 0.25) is 0 Å². The van der Waals surface area contributed by atoms with Crippen LogP contribution in [-0.4, -0.2) is 40.7 Å². The van der Waals surface area contributed by atoms with Gasteiger partial charge in [0.05, 0.1) is 6.61 Å². The van der Waals surface area contributed by atoms with Crippen molar-refractivity contribution in [3.05, 3.63) is 29.8 Å². The first-order chi connectivity index (χ1) is 9.93. The Morgan fingerprint density at radius 3 is 2.29 bits per heavy atom. The van der Waals surface area contributed by atoms with E-state index in [1.165, 1.54) is 12.1 Å². The molecule has 0 aliphatic heterocycles. The predicted molar refractivity (Wildman–Crippen MR) is 73.4 cm³/mol. The van der Waals surface area contributed by atoms with Gasteiger partial charge in [0, 0.05) is 12.0 Å². The van der Waals surface area contributed by atoms with Gasteiger partial charge < -0.3 is 20.3 Å². The third-order valence-corrected chi connectivity index (χ3v) is 2.68. The number of amides is 1. The quantitative estimate of drug-likeness (QED) is 0.662. The summed E-state index contributed by atoms with van der Waals surface area (Å²) >= 11 is 0. The topological polar surface area (TPSA) is 113 Å². The molecule has 0 bridgehead atoms. The van der Waals surface area contributed by atoms with Gasteiger partial charge in [-0.15, -0.1) is 0 Å². The van der Waals surface area contributed by atoms with Gasteiger partial charge in [-0.3, -0.25) is 9.59 Å². The molecule has 0 saturated heterocycles. The summed E-state index contributed by atoms with van der Waals surface area (Å²) in [7, 11) is 0. The van der Waals surface area contributed by atoms with Crippen LogP contribution in [0.25, 0.3) is 0 Å². The number of hydrogen-bond donors (Lipinski definition) is 3. The van der Waals surface area contributed by atoms with Gasteiger partial charge in [-0.1, -0.05) is 0 Å². The van der Waals surface area contributed by atoms with Crippen LogP contribution in [0.4, 0.5) is 0 Å². The van der Waals surface area contributed by atoms with E-state index >= 15 is 0 Å². The van der Waals surface area contributed by atoms with E-state index in [1.54, 1.807) is 12.1 Å². The largest absolute Gasteiger partial charge is 0.494 e. The van der Waals surface area contributed by atoms with Crippen LogP contribution in [0.15, 0.2) is 24.3 Å². The smallest absolute Gasteiger partial charge is 0.326 e. The summed E-state index contributed by atoms with van der Waals surface area (Å²) in [6.45, 7) is 2.34. The zero-order chi connectivity index (χ0) is 15.8. The van der Waals surface area contributed by atoms with E-state index < -0.39 is 23.9 Å². The molecule has 0 fully saturated rings. The van der Waals surface area contributed by atoms with E-state index in [0.717, 1.165) is 0 Å². The lowest BCUT2D eigenvalue weighted by molar-refractivity contribution is -0.140. The zero-order valence-corrected chi connectivity index (χ0v) is 11.5. The molecule has 1 unspecified atom stereocenters. The summed E-state index contributed by atoms with van der Waals surface area (Å²) in [6.07, 6.45) is -0.506. The van der Waals surface area contributed by atoms with E-state index in [0.29, 0.717) is 12.4 Å². The third kappa shape index (κ3) is 5.52. The number of benzene rings is 1. The Morgan fingerprint density at radius 1 is 1.19 bits per heavy atom. The Hall–Kier alpha value is -2.57. The standard InChI is InChI=1S/C14H17NO6/c1-2-21-10-5-3-9(4-6-10)13(18)15-11(14(19)20)7-8-12(16)17/h3-6,11H,2,7-8H2,1H3,(H,15,18)(H,16,17)(H,19,20). The normalized spacial score (nSPS) is 11.5. The maximum atomic E-state index is 11.9. The first kappa shape index (κ1) is 16.5. The molecule has 1 aromatic rings. The van der Waals surface area contributed by atoms with Gasteiger partial charge in [-0.25, -0.2) is 4.79 Å². The summed E-state index contributed by atoms with van der Waals surface area (Å²) in [4.78, 5) is 33.4. The minimum atomic E-state index is -1.27. The number of rotatable bonds is 8. The van der Waals surface area contributed by atoms with Gasteiger partial charge in [-0.05, 0) is 37.6 Å². The van der Waals surface area contributed by atoms with Crippen LogP contribution in [0, 0.1) is 0 Å². The number of ether oxygens (including phenoxy) is 1. The summed E-state index contributed by atoms with van der Waals surface area (Å²) < 4.78 is 5.23. The van der Waals surface area contributed by atoms with E-state index in [-0.39, 0.29) is 18.4 Å². The summed E-state index contributed by atoms with van der Waals surface area (Å²) in [6, 6.07) is 4.99. The lowest BCUT2D eigenvalue weighted by atomic mass is 10.1. The molecule has 7 nitrogen and oxygen atoms in total. The Bertz CT molecular complexity index is 511. The highest BCUT2D eigenvalue weighted by Crippen LogP contribution is 2.12. The van der Waals surface area contributed by atoms with Crippen molar-refractivity contribution in [2.24, 2.45) is 0 Å². The van der Waals surface area contributed by atoms with Gasteiger partial charge in [0.1, 0.15) is 11.8 Å². The molecule has 0 radical (unpaired) electrons. The van der Waals surface area contributed by atoms with Gasteiger partial charge in [-0.2, -0.15) is 0 Å². The van der Waals surface area contributed by atoms with Gasteiger partial charge in [0.2, 0.25) is 0 Å². The molecule has 0 aliphatic carbocycles. The molecular weight excluding hydrogens is 278 g/mol. The number of carboxylic acids is 2. The number of aliphatic carboxylic acids is 2. The second kappa shape index (κ2) is 7.88. The van der Waals surface area contributed by atoms with Crippen molar-refractivity contribution in [1.82, 2.24) is 5.32 Å². The third-order valence-electron chi connectivity index (χ3n) is 2.68. The molecule has 0 aromatic heterocycles. The molecule has 3 N–H and O–H groups in total. The average Bonchev–Trinajstić information content (AvgIpc) is 2.43. The molecule has 21 heavy (non-hydrogen) atoms. The SMILES string of the molecule is CCOc1ccc(C(=O)NC(CCC(=O)O)C(=O)O)cc1. The highest BCUT2D eigenvalue weighted by molar-refractivity contribution is 5.96. The van der Waals surface area contributed by atoms with Crippen LogP contribution in [0.3, 0.4) is 0 Å². The van der Waals surface area contributed by atoms with Crippen molar-refractivity contribution < 1.29 is 29.3 Å². The maximum absolute atomic E-state index is 11.9. The molecule has 114 valence electrons. The number of hydrogen-bond acceptors (Lipinski definition) is 4. The van der Waals surface area contributed by atoms with Gasteiger partial charge in [0.25, 0.3) is 5.91 Å². The number of nitrogens with one attached hydrogen (secondary N) is 1. The minimum absolute atomic E-state index is 0.173. The zero-order valence-electron chi connectivity index (χ0n) is 11.5. The highest BCUT2D eigenvalue weighted by atomic mass is 16.5. The fraction of sp³-hybridized carbons (Fsp3) is 0.357. The van der Waals surface area contributed by atoms with E-state index in [4.69, 9.17) is 14.9 Å². The Labute approximate surface area is 121 Å². The molecule has 1 aromatic carbocycles. The summed E-state index contributed by atoms with van der Waals surface area (Å²) in [5.74, 6) is -2.35. The summed E-state index contributed by atoms with van der Waals surface area (Å²) in [5, 5.41) is 19.8. The minimum Gasteiger partial charge on any atom is -0.494 e. The lowest BCUT2D eigenvalue weighted by Crippen LogP contribution is -2.41. The Kier molecular flexibility index (Phi) is 6.19. The highest BCUT2D eigenvalue weighted by Gasteiger charge is 2.21. The Balaban J connectivity index is 2.67. The van der Waals surface area contributed by atoms with Crippen LogP contribution >= 0.6 is 0 Å². The average molecular weight is 295 g/mol. The molecule has 0 saturated carbocycles. The monoisotopic (exact) mass is 295 g/mol. The van der Waals surface area contributed by atoms with E-state index in [1.807, 2.05) is 6.92 Å². The van der Waals surface area contributed by atoms with Crippen LogP contribution < -0.4 is 10.1 Å². The number of carbonyl (C=O) groups excluding carboxylic acids is 1. The fourth-order valence-electron chi connectivity index (χ4n) is 1.64. The van der Waals surface area contributed by atoms with E-state index in [2.05, 4.69) is 5.32 Å². The molecule has 0 aliphatic rings. The lowest BCUT2D eigenvalue weighted by Gasteiger charge is -2.13. The Morgan fingerprint density at radius 2 is 1.81 bits per heavy atom.